The molecule has 0 unspecified atom stereocenters. The van der Waals surface area contributed by atoms with Crippen molar-refractivity contribution in [2.45, 2.75) is 26.4 Å². The summed E-state index contributed by atoms with van der Waals surface area (Å²) in [6.07, 6.45) is 1.79. The van der Waals surface area contributed by atoms with Crippen LogP contribution in [0, 0.1) is 0 Å². The van der Waals surface area contributed by atoms with Gasteiger partial charge in [0.05, 0.1) is 11.9 Å². The van der Waals surface area contributed by atoms with E-state index in [1.54, 1.807) is 6.20 Å². The van der Waals surface area contributed by atoms with Gasteiger partial charge in [0.15, 0.2) is 0 Å². The molecule has 5 nitrogen and oxygen atoms in total. The number of hydrogen-bond acceptors (Lipinski definition) is 3. The van der Waals surface area contributed by atoms with Gasteiger partial charge in [0.25, 0.3) is 0 Å². The van der Waals surface area contributed by atoms with Crippen molar-refractivity contribution in [1.29, 1.82) is 0 Å². The Balaban J connectivity index is 1.65. The van der Waals surface area contributed by atoms with Crippen LogP contribution in [0.3, 0.4) is 0 Å². The molecule has 3 aromatic rings. The molecule has 3 rings (SSSR count). The lowest BCUT2D eigenvalue weighted by Crippen LogP contribution is -2.30. The summed E-state index contributed by atoms with van der Waals surface area (Å²) < 4.78 is 0. The van der Waals surface area contributed by atoms with Gasteiger partial charge in [-0.1, -0.05) is 48.5 Å². The highest BCUT2D eigenvalue weighted by Gasteiger charge is 2.12. The third-order valence-electron chi connectivity index (χ3n) is 4.17. The van der Waals surface area contributed by atoms with Crippen LogP contribution in [-0.2, 0) is 6.54 Å². The third kappa shape index (κ3) is 5.31. The van der Waals surface area contributed by atoms with E-state index in [-0.39, 0.29) is 6.03 Å². The van der Waals surface area contributed by atoms with Gasteiger partial charge >= 0.3 is 6.03 Å². The second kappa shape index (κ2) is 8.85. The molecule has 0 aliphatic rings. The van der Waals surface area contributed by atoms with Crippen LogP contribution in [0.4, 0.5) is 22.0 Å². The summed E-state index contributed by atoms with van der Waals surface area (Å²) in [6, 6.07) is 23.5. The fourth-order valence-electron chi connectivity index (χ4n) is 2.78. The molecule has 0 spiro atoms. The fourth-order valence-corrected chi connectivity index (χ4v) is 2.78. The summed E-state index contributed by atoms with van der Waals surface area (Å²) in [7, 11) is 0. The predicted molar refractivity (Wildman–Crippen MR) is 111 cm³/mol. The first-order valence-corrected chi connectivity index (χ1v) is 9.01. The largest absolute Gasteiger partial charge is 0.364 e. The van der Waals surface area contributed by atoms with E-state index in [2.05, 4.69) is 46.5 Å². The zero-order valence-corrected chi connectivity index (χ0v) is 15.6. The molecule has 0 radical (unpaired) electrons. The van der Waals surface area contributed by atoms with Crippen molar-refractivity contribution in [1.82, 2.24) is 4.98 Å². The van der Waals surface area contributed by atoms with Crippen LogP contribution in [0.2, 0.25) is 0 Å². The lowest BCUT2D eigenvalue weighted by atomic mass is 10.1. The van der Waals surface area contributed by atoms with Crippen LogP contribution in [0.25, 0.3) is 0 Å². The van der Waals surface area contributed by atoms with Crippen molar-refractivity contribution >= 4 is 23.2 Å². The van der Waals surface area contributed by atoms with E-state index in [1.165, 1.54) is 5.56 Å². The lowest BCUT2D eigenvalue weighted by Gasteiger charge is -2.29. The Morgan fingerprint density at radius 3 is 2.19 bits per heavy atom. The van der Waals surface area contributed by atoms with Crippen LogP contribution >= 0.6 is 0 Å². The molecule has 1 heterocycles. The number of pyridine rings is 1. The van der Waals surface area contributed by atoms with Gasteiger partial charge in [0.1, 0.15) is 5.82 Å². The highest BCUT2D eigenvalue weighted by Crippen LogP contribution is 2.20. The Hall–Kier alpha value is -3.34. The highest BCUT2D eigenvalue weighted by molar-refractivity contribution is 5.99. The van der Waals surface area contributed by atoms with Gasteiger partial charge in [0, 0.05) is 18.3 Å². The first-order chi connectivity index (χ1) is 13.1. The maximum absolute atomic E-state index is 12.1. The number of rotatable bonds is 6. The normalized spacial score (nSPS) is 10.5. The van der Waals surface area contributed by atoms with Crippen molar-refractivity contribution in [3.05, 3.63) is 84.6 Å². The molecule has 27 heavy (non-hydrogen) atoms. The molecule has 138 valence electrons. The quantitative estimate of drug-likeness (QED) is 0.640. The molecule has 5 heteroatoms. The van der Waals surface area contributed by atoms with E-state index in [0.717, 1.165) is 17.9 Å². The number of carbonyl (C=O) groups excluding carboxylic acids is 1. The van der Waals surface area contributed by atoms with E-state index in [9.17, 15) is 4.79 Å². The molecule has 0 atom stereocenters. The van der Waals surface area contributed by atoms with Gasteiger partial charge in [-0.2, -0.15) is 0 Å². The summed E-state index contributed by atoms with van der Waals surface area (Å²) in [5.41, 5.74) is 3.00. The van der Waals surface area contributed by atoms with Crippen molar-refractivity contribution < 1.29 is 4.79 Å². The van der Waals surface area contributed by atoms with Crippen LogP contribution in [0.5, 0.6) is 0 Å². The van der Waals surface area contributed by atoms with Crippen molar-refractivity contribution in [2.75, 3.05) is 15.5 Å². The standard InChI is InChI=1S/C22H24N4O/c1-17(2)26(16-18-9-5-3-6-10-18)20-13-14-21(23-15-20)25-22(27)24-19-11-7-4-8-12-19/h3-15,17H,16H2,1-2H3,(H2,23,24,25,27). The van der Waals surface area contributed by atoms with Gasteiger partial charge < -0.3 is 10.2 Å². The summed E-state index contributed by atoms with van der Waals surface area (Å²) >= 11 is 0. The van der Waals surface area contributed by atoms with Gasteiger partial charge in [-0.3, -0.25) is 5.32 Å². The maximum atomic E-state index is 12.1. The van der Waals surface area contributed by atoms with Crippen LogP contribution in [0.15, 0.2) is 79.0 Å². The Morgan fingerprint density at radius 1 is 0.926 bits per heavy atom. The highest BCUT2D eigenvalue weighted by atomic mass is 16.2. The average Bonchev–Trinajstić information content (AvgIpc) is 2.68. The monoisotopic (exact) mass is 360 g/mol. The van der Waals surface area contributed by atoms with Gasteiger partial charge in [0.2, 0.25) is 0 Å². The Morgan fingerprint density at radius 2 is 1.59 bits per heavy atom. The van der Waals surface area contributed by atoms with E-state index in [1.807, 2.05) is 60.7 Å². The van der Waals surface area contributed by atoms with E-state index in [4.69, 9.17) is 0 Å². The number of amides is 2. The predicted octanol–water partition coefficient (Wildman–Crippen LogP) is 5.14. The van der Waals surface area contributed by atoms with Gasteiger partial charge in [-0.05, 0) is 43.7 Å². The second-order valence-electron chi connectivity index (χ2n) is 6.55. The van der Waals surface area contributed by atoms with E-state index in [0.29, 0.717) is 11.9 Å². The molecule has 0 saturated heterocycles. The second-order valence-corrected chi connectivity index (χ2v) is 6.55. The van der Waals surface area contributed by atoms with Crippen LogP contribution < -0.4 is 15.5 Å². The number of anilines is 3. The smallest absolute Gasteiger partial charge is 0.324 e. The van der Waals surface area contributed by atoms with Crippen LogP contribution in [-0.4, -0.2) is 17.1 Å². The van der Waals surface area contributed by atoms with E-state index < -0.39 is 0 Å². The number of urea groups is 1. The molecule has 1 aromatic heterocycles. The molecule has 0 aliphatic carbocycles. The summed E-state index contributed by atoms with van der Waals surface area (Å²) in [5, 5.41) is 5.53. The number of hydrogen-bond donors (Lipinski definition) is 2. The first kappa shape index (κ1) is 18.5. The number of aromatic nitrogens is 1. The topological polar surface area (TPSA) is 57.3 Å². The summed E-state index contributed by atoms with van der Waals surface area (Å²) in [6.45, 7) is 5.12. The summed E-state index contributed by atoms with van der Waals surface area (Å²) in [4.78, 5) is 18.7. The minimum atomic E-state index is -0.313. The minimum Gasteiger partial charge on any atom is -0.364 e. The molecule has 2 aromatic carbocycles. The molecular weight excluding hydrogens is 336 g/mol. The number of nitrogens with zero attached hydrogens (tertiary/aromatic N) is 2. The van der Waals surface area contributed by atoms with Crippen molar-refractivity contribution in [3.8, 4) is 0 Å². The van der Waals surface area contributed by atoms with Crippen molar-refractivity contribution in [3.63, 3.8) is 0 Å². The molecule has 2 amide bonds. The van der Waals surface area contributed by atoms with Gasteiger partial charge in [-0.25, -0.2) is 9.78 Å². The number of nitrogens with one attached hydrogen (secondary N) is 2. The zero-order valence-electron chi connectivity index (χ0n) is 15.6. The molecular formula is C22H24N4O. The van der Waals surface area contributed by atoms with E-state index >= 15 is 0 Å². The molecule has 0 saturated carbocycles. The zero-order chi connectivity index (χ0) is 19.1. The fraction of sp³-hybridized carbons (Fsp3) is 0.182. The third-order valence-corrected chi connectivity index (χ3v) is 4.17. The van der Waals surface area contributed by atoms with Gasteiger partial charge in [-0.15, -0.1) is 0 Å². The average molecular weight is 360 g/mol. The number of benzene rings is 2. The van der Waals surface area contributed by atoms with Crippen molar-refractivity contribution in [2.24, 2.45) is 0 Å². The SMILES string of the molecule is CC(C)N(Cc1ccccc1)c1ccc(NC(=O)Nc2ccccc2)nc1. The first-order valence-electron chi connectivity index (χ1n) is 9.01. The Kier molecular flexibility index (Phi) is 6.05. The minimum absolute atomic E-state index is 0.313. The molecule has 0 fully saturated rings. The Labute approximate surface area is 160 Å². The Bertz CT molecular complexity index is 849. The molecule has 2 N–H and O–H groups in total. The van der Waals surface area contributed by atoms with Crippen LogP contribution in [0.1, 0.15) is 19.4 Å². The molecule has 0 bridgehead atoms. The molecule has 0 aliphatic heterocycles. The number of para-hydroxylation sites is 1. The summed E-state index contributed by atoms with van der Waals surface area (Å²) in [5.74, 6) is 0.510. The number of carbonyl (C=O) groups is 1. The lowest BCUT2D eigenvalue weighted by molar-refractivity contribution is 0.262. The maximum Gasteiger partial charge on any atom is 0.324 e.